The van der Waals surface area contributed by atoms with Gasteiger partial charge in [-0.1, -0.05) is 13.8 Å². The predicted octanol–water partition coefficient (Wildman–Crippen LogP) is 4.43. The fourth-order valence-electron chi connectivity index (χ4n) is 3.33. The molecule has 0 saturated carbocycles. The molecule has 1 fully saturated rings. The van der Waals surface area contributed by atoms with Crippen LogP contribution in [0.4, 0.5) is 10.1 Å². The number of rotatable bonds is 9. The molecule has 1 aromatic heterocycles. The van der Waals surface area contributed by atoms with Crippen molar-refractivity contribution in [1.82, 2.24) is 19.6 Å². The Bertz CT molecular complexity index is 1240. The molecule has 1 aliphatic rings. The predicted molar refractivity (Wildman–Crippen MR) is 141 cm³/mol. The zero-order valence-corrected chi connectivity index (χ0v) is 21.5. The van der Waals surface area contributed by atoms with E-state index < -0.39 is 5.82 Å². The first-order valence-corrected chi connectivity index (χ1v) is 12.6. The Morgan fingerprint density at radius 1 is 1.33 bits per heavy atom. The van der Waals surface area contributed by atoms with Gasteiger partial charge in [0.25, 0.3) is 5.56 Å². The van der Waals surface area contributed by atoms with Gasteiger partial charge < -0.3 is 24.5 Å². The maximum absolute atomic E-state index is 14.4. The maximum Gasteiger partial charge on any atom is 0.258 e. The van der Waals surface area contributed by atoms with E-state index >= 15 is 0 Å². The first kappa shape index (κ1) is 27.4. The summed E-state index contributed by atoms with van der Waals surface area (Å²) in [6.07, 6.45) is 4.14. The summed E-state index contributed by atoms with van der Waals surface area (Å²) < 4.78 is 30.4. The van der Waals surface area contributed by atoms with E-state index in [0.29, 0.717) is 22.7 Å². The quantitative estimate of drug-likeness (QED) is 0.357. The molecule has 192 valence electrons. The highest BCUT2D eigenvalue weighted by Gasteiger charge is 2.17. The van der Waals surface area contributed by atoms with Gasteiger partial charge in [0.15, 0.2) is 11.6 Å². The number of hydrogen-bond acceptors (Lipinski definition) is 9. The van der Waals surface area contributed by atoms with Crippen LogP contribution in [-0.4, -0.2) is 53.7 Å². The van der Waals surface area contributed by atoms with E-state index in [9.17, 15) is 14.4 Å². The Hall–Kier alpha value is -3.17. The monoisotopic (exact) mass is 514 g/mol. The van der Waals surface area contributed by atoms with Crippen LogP contribution < -0.4 is 20.3 Å². The normalized spacial score (nSPS) is 14.8. The summed E-state index contributed by atoms with van der Waals surface area (Å²) in [5, 5.41) is 13.1. The lowest BCUT2D eigenvalue weighted by Gasteiger charge is -2.16. The van der Waals surface area contributed by atoms with Crippen molar-refractivity contribution in [2.45, 2.75) is 32.8 Å². The Morgan fingerprint density at radius 3 is 2.86 bits per heavy atom. The first-order valence-electron chi connectivity index (χ1n) is 11.8. The summed E-state index contributed by atoms with van der Waals surface area (Å²) in [5.41, 5.74) is 0.619. The molecule has 4 rings (SSSR count). The molecule has 1 unspecified atom stereocenters. The third-order valence-electron chi connectivity index (χ3n) is 5.38. The summed E-state index contributed by atoms with van der Waals surface area (Å²) in [5.74, 6) is -0.653. The van der Waals surface area contributed by atoms with E-state index in [-0.39, 0.29) is 22.6 Å². The lowest BCUT2D eigenvalue weighted by atomic mass is 10.1. The molecule has 1 atom stereocenters. The van der Waals surface area contributed by atoms with Gasteiger partial charge in [0.05, 0.1) is 29.0 Å². The van der Waals surface area contributed by atoms with Gasteiger partial charge in [0.2, 0.25) is 0 Å². The van der Waals surface area contributed by atoms with Crippen molar-refractivity contribution in [3.05, 3.63) is 58.4 Å². The number of nitrogens with one attached hydrogen (secondary N) is 3. The van der Waals surface area contributed by atoms with Crippen LogP contribution in [0.2, 0.25) is 0 Å². The van der Waals surface area contributed by atoms with E-state index in [4.69, 9.17) is 9.47 Å². The van der Waals surface area contributed by atoms with E-state index in [1.165, 1.54) is 43.1 Å². The third-order valence-corrected chi connectivity index (χ3v) is 6.26. The number of fused-ring (bicyclic) bond motifs is 1. The molecule has 9 nitrogen and oxygen atoms in total. The molecular weight excluding hydrogens is 483 g/mol. The van der Waals surface area contributed by atoms with Gasteiger partial charge in [-0.05, 0) is 56.8 Å². The van der Waals surface area contributed by atoms with Crippen molar-refractivity contribution in [2.75, 3.05) is 38.0 Å². The minimum Gasteiger partial charge on any atom is -0.453 e. The van der Waals surface area contributed by atoms with Gasteiger partial charge in [0.1, 0.15) is 17.4 Å². The lowest BCUT2D eigenvalue weighted by molar-refractivity contribution is 0.0676. The molecule has 3 aromatic rings. The van der Waals surface area contributed by atoms with Crippen LogP contribution in [0.1, 0.15) is 32.3 Å². The molecule has 0 radical (unpaired) electrons. The largest absolute Gasteiger partial charge is 0.453 e. The SMILES string of the molecule is CCCOC1CCNC1.CCN(C)SNc1ccc(F)c(Oc2ccc3nc[nH]c(=O)c3c2)c1C#N. The average Bonchev–Trinajstić information content (AvgIpc) is 3.42. The molecule has 2 heterocycles. The van der Waals surface area contributed by atoms with E-state index in [2.05, 4.69) is 26.9 Å². The summed E-state index contributed by atoms with van der Waals surface area (Å²) in [6, 6.07) is 9.30. The molecule has 1 saturated heterocycles. The van der Waals surface area contributed by atoms with Crippen LogP contribution in [0.3, 0.4) is 0 Å². The number of hydrogen-bond donors (Lipinski definition) is 3. The molecular formula is C25H31FN6O3S. The van der Waals surface area contributed by atoms with Gasteiger partial charge in [-0.15, -0.1) is 0 Å². The Balaban J connectivity index is 0.000000338. The topological polar surface area (TPSA) is 115 Å². The fourth-order valence-corrected chi connectivity index (χ4v) is 3.88. The number of halogens is 1. The molecule has 3 N–H and O–H groups in total. The minimum atomic E-state index is -0.675. The van der Waals surface area contributed by atoms with Crippen molar-refractivity contribution < 1.29 is 13.9 Å². The average molecular weight is 515 g/mol. The van der Waals surface area contributed by atoms with Crippen LogP contribution in [0, 0.1) is 17.1 Å². The maximum atomic E-state index is 14.4. The Labute approximate surface area is 214 Å². The molecule has 2 aromatic carbocycles. The number of anilines is 1. The first-order chi connectivity index (χ1) is 17.5. The highest BCUT2D eigenvalue weighted by molar-refractivity contribution is 7.98. The molecule has 0 bridgehead atoms. The molecule has 0 aliphatic carbocycles. The highest BCUT2D eigenvalue weighted by atomic mass is 32.2. The summed E-state index contributed by atoms with van der Waals surface area (Å²) >= 11 is 1.28. The molecule has 0 spiro atoms. The highest BCUT2D eigenvalue weighted by Crippen LogP contribution is 2.34. The lowest BCUT2D eigenvalue weighted by Crippen LogP contribution is -2.16. The molecule has 36 heavy (non-hydrogen) atoms. The van der Waals surface area contributed by atoms with E-state index in [1.807, 2.05) is 24.3 Å². The third kappa shape index (κ3) is 7.41. The van der Waals surface area contributed by atoms with Gasteiger partial charge in [-0.2, -0.15) is 5.26 Å². The fraction of sp³-hybridized carbons (Fsp3) is 0.400. The summed E-state index contributed by atoms with van der Waals surface area (Å²) in [7, 11) is 1.88. The second-order valence-electron chi connectivity index (χ2n) is 8.05. The summed E-state index contributed by atoms with van der Waals surface area (Å²) in [6.45, 7) is 8.02. The van der Waals surface area contributed by atoms with Crippen LogP contribution in [-0.2, 0) is 4.74 Å². The van der Waals surface area contributed by atoms with Gasteiger partial charge in [-0.3, -0.25) is 4.79 Å². The summed E-state index contributed by atoms with van der Waals surface area (Å²) in [4.78, 5) is 18.4. The van der Waals surface area contributed by atoms with Crippen molar-refractivity contribution in [3.63, 3.8) is 0 Å². The number of aromatic amines is 1. The zero-order valence-electron chi connectivity index (χ0n) is 20.6. The molecule has 11 heteroatoms. The van der Waals surface area contributed by atoms with Crippen molar-refractivity contribution in [2.24, 2.45) is 0 Å². The number of ether oxygens (including phenoxy) is 2. The Kier molecular flexibility index (Phi) is 10.5. The van der Waals surface area contributed by atoms with Crippen LogP contribution in [0.15, 0.2) is 41.5 Å². The molecule has 1 aliphatic heterocycles. The number of H-pyrrole nitrogens is 1. The second-order valence-corrected chi connectivity index (χ2v) is 9.06. The second kappa shape index (κ2) is 13.8. The minimum absolute atomic E-state index is 0.0344. The van der Waals surface area contributed by atoms with E-state index in [1.54, 1.807) is 12.1 Å². The zero-order chi connectivity index (χ0) is 25.9. The number of aromatic nitrogens is 2. The van der Waals surface area contributed by atoms with Crippen LogP contribution in [0.25, 0.3) is 10.9 Å². The van der Waals surface area contributed by atoms with Gasteiger partial charge in [-0.25, -0.2) is 13.7 Å². The molecule has 0 amide bonds. The van der Waals surface area contributed by atoms with Gasteiger partial charge in [0, 0.05) is 31.8 Å². The smallest absolute Gasteiger partial charge is 0.258 e. The van der Waals surface area contributed by atoms with Crippen molar-refractivity contribution in [1.29, 1.82) is 5.26 Å². The van der Waals surface area contributed by atoms with Crippen LogP contribution >= 0.6 is 12.1 Å². The van der Waals surface area contributed by atoms with Crippen molar-refractivity contribution >= 4 is 28.7 Å². The standard InChI is InChI=1S/C18H16FN5O2S.C7H15NO/c1-3-24(2)27-23-16-7-5-14(19)17(13(16)9-20)26-11-4-6-15-12(8-11)18(25)22-10-21-15;1-2-5-9-7-3-4-8-6-7/h4-8,10,23H,3H2,1-2H3,(H,21,22,25);7-8H,2-6H2,1H3. The number of nitrogens with zero attached hydrogens (tertiary/aromatic N) is 3. The number of nitriles is 1. The van der Waals surface area contributed by atoms with E-state index in [0.717, 1.165) is 32.7 Å². The Morgan fingerprint density at radius 2 is 2.17 bits per heavy atom. The van der Waals surface area contributed by atoms with Crippen molar-refractivity contribution in [3.8, 4) is 17.6 Å². The number of benzene rings is 2. The van der Waals surface area contributed by atoms with Crippen LogP contribution in [0.5, 0.6) is 11.5 Å². The van der Waals surface area contributed by atoms with Gasteiger partial charge >= 0.3 is 0 Å².